The van der Waals surface area contributed by atoms with Crippen LogP contribution >= 0.6 is 24.0 Å². The Morgan fingerprint density at radius 2 is 1.79 bits per heavy atom. The molecule has 0 bridgehead atoms. The zero-order chi connectivity index (χ0) is 20.1. The topological polar surface area (TPSA) is 61.4 Å². The first-order valence-corrected chi connectivity index (χ1v) is 10.0. The molecule has 1 aliphatic heterocycles. The fourth-order valence-electron chi connectivity index (χ4n) is 3.55. The summed E-state index contributed by atoms with van der Waals surface area (Å²) in [5.41, 5.74) is 2.58. The summed E-state index contributed by atoms with van der Waals surface area (Å²) in [4.78, 5) is 27.9. The van der Waals surface area contributed by atoms with Gasteiger partial charge in [0.2, 0.25) is 5.91 Å². The Morgan fingerprint density at radius 1 is 1.14 bits per heavy atom. The lowest BCUT2D eigenvalue weighted by Gasteiger charge is -2.36. The van der Waals surface area contributed by atoms with Crippen LogP contribution in [0.5, 0.6) is 0 Å². The summed E-state index contributed by atoms with van der Waals surface area (Å²) in [6.45, 7) is 5.79. The van der Waals surface area contributed by atoms with Crippen molar-refractivity contribution in [3.05, 3.63) is 70.2 Å². The van der Waals surface area contributed by atoms with Crippen molar-refractivity contribution < 1.29 is 9.59 Å². The van der Waals surface area contributed by atoms with Gasteiger partial charge in [0.15, 0.2) is 0 Å². The van der Waals surface area contributed by atoms with Gasteiger partial charge in [0.1, 0.15) is 6.04 Å². The van der Waals surface area contributed by atoms with Crippen molar-refractivity contribution in [1.29, 1.82) is 0 Å². The number of hydrogen-bond acceptors (Lipinski definition) is 3. The first-order valence-electron chi connectivity index (χ1n) is 9.64. The second-order valence-electron chi connectivity index (χ2n) is 7.11. The predicted molar refractivity (Wildman–Crippen MR) is 119 cm³/mol. The van der Waals surface area contributed by atoms with Crippen molar-refractivity contribution >= 4 is 35.8 Å². The Bertz CT molecular complexity index is 859. The maximum atomic E-state index is 13.2. The molecule has 0 aromatic heterocycles. The molecule has 1 unspecified atom stereocenters. The molecular formula is C22H27Cl2N3O2. The van der Waals surface area contributed by atoms with E-state index in [1.165, 1.54) is 0 Å². The van der Waals surface area contributed by atoms with Gasteiger partial charge in [-0.05, 0) is 36.7 Å². The first-order chi connectivity index (χ1) is 13.5. The molecule has 0 spiro atoms. The van der Waals surface area contributed by atoms with Crippen LogP contribution < -0.4 is 10.6 Å². The molecule has 156 valence electrons. The van der Waals surface area contributed by atoms with Crippen LogP contribution in [0.15, 0.2) is 48.5 Å². The standard InChI is InChI=1S/C22H26ClN3O2.ClH/c1-3-24-15(2)13-25-21(27)20-12-16-8-4-5-9-17(16)14-26(20)22(28)18-10-6-7-11-19(18)23;/h4-11,15,20,24H,3,12-14H2,1-2H3,(H,25,27);1H/t15-,20?;/m1./s1. The minimum Gasteiger partial charge on any atom is -0.353 e. The van der Waals surface area contributed by atoms with Crippen molar-refractivity contribution in [2.24, 2.45) is 0 Å². The van der Waals surface area contributed by atoms with Crippen molar-refractivity contribution in [2.75, 3.05) is 13.1 Å². The predicted octanol–water partition coefficient (Wildman–Crippen LogP) is 3.44. The minimum atomic E-state index is -0.563. The zero-order valence-corrected chi connectivity index (χ0v) is 18.2. The molecule has 0 aliphatic carbocycles. The van der Waals surface area contributed by atoms with Crippen LogP contribution in [0.4, 0.5) is 0 Å². The van der Waals surface area contributed by atoms with Crippen LogP contribution in [0.25, 0.3) is 0 Å². The van der Waals surface area contributed by atoms with Gasteiger partial charge in [0, 0.05) is 25.6 Å². The highest BCUT2D eigenvalue weighted by atomic mass is 35.5. The number of carbonyl (C=O) groups excluding carboxylic acids is 2. The summed E-state index contributed by atoms with van der Waals surface area (Å²) < 4.78 is 0. The average Bonchev–Trinajstić information content (AvgIpc) is 2.71. The summed E-state index contributed by atoms with van der Waals surface area (Å²) in [6, 6.07) is 14.5. The molecule has 0 saturated heterocycles. The highest BCUT2D eigenvalue weighted by molar-refractivity contribution is 6.33. The molecule has 5 nitrogen and oxygen atoms in total. The number of fused-ring (bicyclic) bond motifs is 1. The van der Waals surface area contributed by atoms with Crippen LogP contribution in [0.3, 0.4) is 0 Å². The third-order valence-corrected chi connectivity index (χ3v) is 5.38. The summed E-state index contributed by atoms with van der Waals surface area (Å²) in [6.07, 6.45) is 0.494. The maximum Gasteiger partial charge on any atom is 0.256 e. The van der Waals surface area contributed by atoms with Crippen LogP contribution in [-0.2, 0) is 17.8 Å². The Hall–Kier alpha value is -2.08. The SMILES string of the molecule is CCN[C@H](C)CNC(=O)C1Cc2ccccc2CN1C(=O)c1ccccc1Cl.Cl. The third kappa shape index (κ3) is 5.50. The molecule has 7 heteroatoms. The molecule has 2 aromatic rings. The molecule has 2 N–H and O–H groups in total. The second-order valence-corrected chi connectivity index (χ2v) is 7.51. The van der Waals surface area contributed by atoms with Gasteiger partial charge in [-0.15, -0.1) is 12.4 Å². The van der Waals surface area contributed by atoms with Gasteiger partial charge >= 0.3 is 0 Å². The van der Waals surface area contributed by atoms with Crippen molar-refractivity contribution in [2.45, 2.75) is 38.9 Å². The molecule has 1 heterocycles. The molecule has 29 heavy (non-hydrogen) atoms. The van der Waals surface area contributed by atoms with Gasteiger partial charge in [-0.1, -0.05) is 54.9 Å². The third-order valence-electron chi connectivity index (χ3n) is 5.05. The lowest BCUT2D eigenvalue weighted by atomic mass is 9.92. The molecule has 2 atom stereocenters. The fourth-order valence-corrected chi connectivity index (χ4v) is 3.77. The Balaban J connectivity index is 0.00000300. The molecule has 3 rings (SSSR count). The molecule has 2 aromatic carbocycles. The van der Waals surface area contributed by atoms with E-state index in [0.29, 0.717) is 30.1 Å². The monoisotopic (exact) mass is 435 g/mol. The number of nitrogens with one attached hydrogen (secondary N) is 2. The number of likely N-dealkylation sites (N-methyl/N-ethyl adjacent to an activating group) is 1. The van der Waals surface area contributed by atoms with E-state index in [1.807, 2.05) is 38.1 Å². The van der Waals surface area contributed by atoms with Crippen LogP contribution in [0.2, 0.25) is 5.02 Å². The lowest BCUT2D eigenvalue weighted by molar-refractivity contribution is -0.126. The molecule has 0 radical (unpaired) electrons. The largest absolute Gasteiger partial charge is 0.353 e. The van der Waals surface area contributed by atoms with E-state index < -0.39 is 6.04 Å². The van der Waals surface area contributed by atoms with Gasteiger partial charge in [-0.3, -0.25) is 9.59 Å². The van der Waals surface area contributed by atoms with E-state index in [4.69, 9.17) is 11.6 Å². The average molecular weight is 436 g/mol. The molecular weight excluding hydrogens is 409 g/mol. The highest BCUT2D eigenvalue weighted by Crippen LogP contribution is 2.27. The summed E-state index contributed by atoms with van der Waals surface area (Å²) in [5.74, 6) is -0.361. The number of amides is 2. The number of rotatable bonds is 6. The molecule has 1 aliphatic rings. The summed E-state index contributed by atoms with van der Waals surface area (Å²) in [5, 5.41) is 6.66. The molecule has 2 amide bonds. The van der Waals surface area contributed by atoms with E-state index in [-0.39, 0.29) is 30.3 Å². The van der Waals surface area contributed by atoms with E-state index in [9.17, 15) is 9.59 Å². The van der Waals surface area contributed by atoms with Gasteiger partial charge in [-0.25, -0.2) is 0 Å². The van der Waals surface area contributed by atoms with E-state index in [1.54, 1.807) is 29.2 Å². The van der Waals surface area contributed by atoms with Gasteiger partial charge in [-0.2, -0.15) is 0 Å². The maximum absolute atomic E-state index is 13.2. The summed E-state index contributed by atoms with van der Waals surface area (Å²) >= 11 is 6.25. The molecule has 0 fully saturated rings. The van der Waals surface area contributed by atoms with Gasteiger partial charge < -0.3 is 15.5 Å². The Kier molecular flexibility index (Phi) is 8.50. The van der Waals surface area contributed by atoms with Crippen molar-refractivity contribution in [3.8, 4) is 0 Å². The molecule has 0 saturated carbocycles. The number of hydrogen-bond donors (Lipinski definition) is 2. The van der Waals surface area contributed by atoms with Crippen molar-refractivity contribution in [3.63, 3.8) is 0 Å². The second kappa shape index (κ2) is 10.6. The fraction of sp³-hybridized carbons (Fsp3) is 0.364. The summed E-state index contributed by atoms with van der Waals surface area (Å²) in [7, 11) is 0. The van der Waals surface area contributed by atoms with Crippen LogP contribution in [0, 0.1) is 0 Å². The lowest BCUT2D eigenvalue weighted by Crippen LogP contribution is -2.54. The number of nitrogens with zero attached hydrogens (tertiary/aromatic N) is 1. The zero-order valence-electron chi connectivity index (χ0n) is 16.7. The van der Waals surface area contributed by atoms with Crippen molar-refractivity contribution in [1.82, 2.24) is 15.5 Å². The van der Waals surface area contributed by atoms with E-state index in [2.05, 4.69) is 10.6 Å². The Morgan fingerprint density at radius 3 is 2.48 bits per heavy atom. The van der Waals surface area contributed by atoms with Crippen LogP contribution in [0.1, 0.15) is 35.3 Å². The minimum absolute atomic E-state index is 0. The Labute approximate surface area is 183 Å². The first kappa shape index (κ1) is 23.2. The van der Waals surface area contributed by atoms with E-state index >= 15 is 0 Å². The van der Waals surface area contributed by atoms with Crippen LogP contribution in [-0.4, -0.2) is 41.9 Å². The van der Waals surface area contributed by atoms with Gasteiger partial charge in [0.05, 0.1) is 10.6 Å². The number of benzene rings is 2. The smallest absolute Gasteiger partial charge is 0.256 e. The number of carbonyl (C=O) groups is 2. The number of halogens is 2. The highest BCUT2D eigenvalue weighted by Gasteiger charge is 2.35. The quantitative estimate of drug-likeness (QED) is 0.730. The van der Waals surface area contributed by atoms with Gasteiger partial charge in [0.25, 0.3) is 5.91 Å². The normalized spacial score (nSPS) is 16.4. The van der Waals surface area contributed by atoms with E-state index in [0.717, 1.165) is 17.7 Å².